The lowest BCUT2D eigenvalue weighted by Crippen LogP contribution is -2.25. The van der Waals surface area contributed by atoms with E-state index in [1.807, 2.05) is 20.2 Å². The minimum atomic E-state index is -0.255. The van der Waals surface area contributed by atoms with Crippen LogP contribution in [0.2, 0.25) is 0 Å². The monoisotopic (exact) mass is 338 g/mol. The second-order valence-corrected chi connectivity index (χ2v) is 5.21. The predicted molar refractivity (Wildman–Crippen MR) is 78.9 cm³/mol. The van der Waals surface area contributed by atoms with Gasteiger partial charge in [0.2, 0.25) is 0 Å². The summed E-state index contributed by atoms with van der Waals surface area (Å²) in [6, 6.07) is 1.66. The molecule has 2 aromatic heterocycles. The number of hydrogen-bond acceptors (Lipinski definition) is 5. The third-order valence-corrected chi connectivity index (χ3v) is 3.22. The molecule has 2 rings (SSSR count). The van der Waals surface area contributed by atoms with Gasteiger partial charge in [-0.05, 0) is 28.9 Å². The van der Waals surface area contributed by atoms with Gasteiger partial charge in [-0.3, -0.25) is 9.48 Å². The lowest BCUT2D eigenvalue weighted by atomic mass is 10.2. The average molecular weight is 339 g/mol. The number of amides is 1. The lowest BCUT2D eigenvalue weighted by Gasteiger charge is -2.09. The van der Waals surface area contributed by atoms with E-state index in [1.165, 1.54) is 0 Å². The van der Waals surface area contributed by atoms with Crippen molar-refractivity contribution in [2.24, 2.45) is 12.9 Å². The highest BCUT2D eigenvalue weighted by Gasteiger charge is 2.13. The number of aromatic nitrogens is 3. The number of nitrogen functional groups attached to an aromatic ring is 1. The molecule has 106 valence electrons. The quantitative estimate of drug-likeness (QED) is 0.572. The zero-order valence-electron chi connectivity index (χ0n) is 11.1. The van der Waals surface area contributed by atoms with Gasteiger partial charge in [-0.25, -0.2) is 10.8 Å². The number of halogens is 1. The van der Waals surface area contributed by atoms with Crippen LogP contribution in [0.3, 0.4) is 0 Å². The molecule has 0 aliphatic heterocycles. The molecule has 0 atom stereocenters. The van der Waals surface area contributed by atoms with Gasteiger partial charge in [-0.15, -0.1) is 0 Å². The van der Waals surface area contributed by atoms with Crippen molar-refractivity contribution in [3.05, 3.63) is 39.8 Å². The molecule has 0 fully saturated rings. The predicted octanol–water partition coefficient (Wildman–Crippen LogP) is 1.10. The molecule has 0 bridgehead atoms. The molecule has 8 heteroatoms. The van der Waals surface area contributed by atoms with Crippen molar-refractivity contribution in [1.29, 1.82) is 0 Å². The van der Waals surface area contributed by atoms with Crippen molar-refractivity contribution in [2.75, 3.05) is 5.43 Å². The Morgan fingerprint density at radius 3 is 2.90 bits per heavy atom. The van der Waals surface area contributed by atoms with Gasteiger partial charge in [0.1, 0.15) is 0 Å². The Kier molecular flexibility index (Phi) is 4.35. The molecule has 20 heavy (non-hydrogen) atoms. The smallest absolute Gasteiger partial charge is 0.255 e. The van der Waals surface area contributed by atoms with Crippen LogP contribution < -0.4 is 16.6 Å². The second kappa shape index (κ2) is 6.02. The topological polar surface area (TPSA) is 97.9 Å². The van der Waals surface area contributed by atoms with Crippen LogP contribution in [-0.2, 0) is 13.6 Å². The normalized spacial score (nSPS) is 10.4. The van der Waals surface area contributed by atoms with Gasteiger partial charge in [0.15, 0.2) is 5.82 Å². The number of aryl methyl sites for hydroxylation is 2. The molecule has 0 spiro atoms. The van der Waals surface area contributed by atoms with E-state index in [0.717, 1.165) is 11.3 Å². The van der Waals surface area contributed by atoms with Crippen LogP contribution in [0.5, 0.6) is 0 Å². The van der Waals surface area contributed by atoms with Crippen molar-refractivity contribution < 1.29 is 4.79 Å². The first-order chi connectivity index (χ1) is 9.51. The molecule has 2 aromatic rings. The molecule has 4 N–H and O–H groups in total. The molecule has 0 aliphatic rings. The number of nitrogens with zero attached hydrogens (tertiary/aromatic N) is 3. The Bertz CT molecular complexity index is 639. The van der Waals surface area contributed by atoms with E-state index in [1.54, 1.807) is 16.9 Å². The highest BCUT2D eigenvalue weighted by Crippen LogP contribution is 2.17. The molecule has 1 amide bonds. The molecule has 0 saturated carbocycles. The summed E-state index contributed by atoms with van der Waals surface area (Å²) in [6.45, 7) is 2.30. The molecule has 0 radical (unpaired) electrons. The van der Waals surface area contributed by atoms with E-state index in [4.69, 9.17) is 5.84 Å². The van der Waals surface area contributed by atoms with E-state index in [2.05, 4.69) is 36.8 Å². The van der Waals surface area contributed by atoms with Gasteiger partial charge >= 0.3 is 0 Å². The summed E-state index contributed by atoms with van der Waals surface area (Å²) < 4.78 is 2.42. The van der Waals surface area contributed by atoms with Crippen LogP contribution in [-0.4, -0.2) is 20.7 Å². The van der Waals surface area contributed by atoms with Crippen molar-refractivity contribution in [3.63, 3.8) is 0 Å². The second-order valence-electron chi connectivity index (χ2n) is 4.29. The van der Waals surface area contributed by atoms with Crippen molar-refractivity contribution in [3.8, 4) is 0 Å². The summed E-state index contributed by atoms with van der Waals surface area (Å²) in [4.78, 5) is 16.2. The number of pyridine rings is 1. The lowest BCUT2D eigenvalue weighted by molar-refractivity contribution is 0.0951. The number of nitrogens with one attached hydrogen (secondary N) is 2. The first-order valence-corrected chi connectivity index (χ1v) is 6.70. The van der Waals surface area contributed by atoms with E-state index < -0.39 is 0 Å². The Labute approximate surface area is 124 Å². The van der Waals surface area contributed by atoms with Gasteiger partial charge < -0.3 is 10.7 Å². The van der Waals surface area contributed by atoms with Crippen LogP contribution in [0.1, 0.15) is 21.6 Å². The summed E-state index contributed by atoms with van der Waals surface area (Å²) in [5, 5.41) is 7.05. The van der Waals surface area contributed by atoms with E-state index in [0.29, 0.717) is 22.4 Å². The summed E-state index contributed by atoms with van der Waals surface area (Å²) in [5.74, 6) is 5.42. The largest absolute Gasteiger partial charge is 0.348 e. The van der Waals surface area contributed by atoms with Crippen LogP contribution in [0.25, 0.3) is 0 Å². The van der Waals surface area contributed by atoms with Crippen LogP contribution in [0, 0.1) is 6.92 Å². The molecule has 0 saturated heterocycles. The van der Waals surface area contributed by atoms with E-state index in [-0.39, 0.29) is 5.91 Å². The zero-order chi connectivity index (χ0) is 14.7. The summed E-state index contributed by atoms with van der Waals surface area (Å²) >= 11 is 3.28. The van der Waals surface area contributed by atoms with E-state index >= 15 is 0 Å². The highest BCUT2D eigenvalue weighted by atomic mass is 79.9. The standard InChI is InChI=1S/C12H15BrN6O/c1-7-8(6-19(2)18-7)4-16-12(20)10-3-9(13)5-15-11(10)17-14/h3,5-6H,4,14H2,1-2H3,(H,15,17)(H,16,20). The zero-order valence-corrected chi connectivity index (χ0v) is 12.7. The SMILES string of the molecule is Cc1nn(C)cc1CNC(=O)c1cc(Br)cnc1NN. The first-order valence-electron chi connectivity index (χ1n) is 5.90. The number of hydrogen-bond donors (Lipinski definition) is 3. The number of hydrazine groups is 1. The summed E-state index contributed by atoms with van der Waals surface area (Å²) in [6.07, 6.45) is 3.44. The minimum absolute atomic E-state index is 0.255. The molecule has 0 aliphatic carbocycles. The van der Waals surface area contributed by atoms with Gasteiger partial charge in [0, 0.05) is 36.0 Å². The Morgan fingerprint density at radius 2 is 2.30 bits per heavy atom. The molecular formula is C12H15BrN6O. The Morgan fingerprint density at radius 1 is 1.55 bits per heavy atom. The molecule has 0 aromatic carbocycles. The molecule has 2 heterocycles. The Hall–Kier alpha value is -1.93. The third kappa shape index (κ3) is 3.14. The van der Waals surface area contributed by atoms with E-state index in [9.17, 15) is 4.79 Å². The third-order valence-electron chi connectivity index (χ3n) is 2.79. The van der Waals surface area contributed by atoms with Crippen LogP contribution in [0.15, 0.2) is 22.9 Å². The van der Waals surface area contributed by atoms with Gasteiger partial charge in [-0.1, -0.05) is 0 Å². The van der Waals surface area contributed by atoms with Crippen molar-refractivity contribution in [2.45, 2.75) is 13.5 Å². The van der Waals surface area contributed by atoms with Crippen LogP contribution >= 0.6 is 15.9 Å². The number of anilines is 1. The van der Waals surface area contributed by atoms with Crippen molar-refractivity contribution in [1.82, 2.24) is 20.1 Å². The van der Waals surface area contributed by atoms with Crippen molar-refractivity contribution >= 4 is 27.7 Å². The fourth-order valence-corrected chi connectivity index (χ4v) is 2.15. The van der Waals surface area contributed by atoms with Crippen LogP contribution in [0.4, 0.5) is 5.82 Å². The minimum Gasteiger partial charge on any atom is -0.348 e. The summed E-state index contributed by atoms with van der Waals surface area (Å²) in [5.41, 5.74) is 4.64. The number of carbonyl (C=O) groups is 1. The number of carbonyl (C=O) groups excluding carboxylic acids is 1. The van der Waals surface area contributed by atoms with Gasteiger partial charge in [0.05, 0.1) is 11.3 Å². The van der Waals surface area contributed by atoms with Gasteiger partial charge in [-0.2, -0.15) is 5.10 Å². The number of nitrogens with two attached hydrogens (primary N) is 1. The average Bonchev–Trinajstić information content (AvgIpc) is 2.74. The fraction of sp³-hybridized carbons (Fsp3) is 0.250. The summed E-state index contributed by atoms with van der Waals surface area (Å²) in [7, 11) is 1.84. The molecule has 0 unspecified atom stereocenters. The maximum atomic E-state index is 12.2. The maximum absolute atomic E-state index is 12.2. The first kappa shape index (κ1) is 14.5. The fourth-order valence-electron chi connectivity index (χ4n) is 1.82. The molecular weight excluding hydrogens is 324 g/mol. The van der Waals surface area contributed by atoms with Gasteiger partial charge in [0.25, 0.3) is 5.91 Å². The highest BCUT2D eigenvalue weighted by molar-refractivity contribution is 9.10. The number of rotatable bonds is 4. The Balaban J connectivity index is 2.12. The maximum Gasteiger partial charge on any atom is 0.255 e. The molecule has 7 nitrogen and oxygen atoms in total.